The first-order valence-corrected chi connectivity index (χ1v) is 21.9. The van der Waals surface area contributed by atoms with E-state index >= 15 is 0 Å². The zero-order valence-electron chi connectivity index (χ0n) is 35.9. The summed E-state index contributed by atoms with van der Waals surface area (Å²) >= 11 is 0. The second-order valence-electron chi connectivity index (χ2n) is 18.2. The number of carbonyl (C=O) groups is 1. The van der Waals surface area contributed by atoms with Gasteiger partial charge in [0, 0.05) is 67.3 Å². The number of pyridine rings is 1. The van der Waals surface area contributed by atoms with E-state index in [9.17, 15) is 22.4 Å². The highest BCUT2D eigenvalue weighted by Gasteiger charge is 2.38. The van der Waals surface area contributed by atoms with Crippen molar-refractivity contribution in [3.8, 4) is 11.8 Å². The number of benzene rings is 2. The van der Waals surface area contributed by atoms with Crippen LogP contribution in [0.15, 0.2) is 67.1 Å². The van der Waals surface area contributed by atoms with Crippen LogP contribution in [-0.4, -0.2) is 96.7 Å². The Morgan fingerprint density at radius 1 is 0.985 bits per heavy atom. The fraction of sp³-hybridized carbons (Fsp3) is 0.391. The van der Waals surface area contributed by atoms with Crippen LogP contribution in [0.1, 0.15) is 68.0 Å². The number of ether oxygens (including phenoxy) is 2. The molecule has 0 aliphatic carbocycles. The molecule has 9 heterocycles. The van der Waals surface area contributed by atoms with E-state index in [1.165, 1.54) is 12.3 Å². The van der Waals surface area contributed by atoms with E-state index in [-0.39, 0.29) is 48.7 Å². The van der Waals surface area contributed by atoms with E-state index in [1.807, 2.05) is 13.0 Å². The Morgan fingerprint density at radius 2 is 1.85 bits per heavy atom. The summed E-state index contributed by atoms with van der Waals surface area (Å²) in [4.78, 5) is 33.9. The predicted molar refractivity (Wildman–Crippen MR) is 234 cm³/mol. The SMILES string of the molecule is C[C@@H]1c2cc(F)cnc2OCC(C)(C)CNCc2cnn3c(O[C@H]4CCN(C(=O)Nc5cccc6nn7ccc(N8C[C@@H](F)C[C@@H]8c8cc(F)ccc8F)nc7c56)C4)c4c(nc23)N1CC4. The summed E-state index contributed by atoms with van der Waals surface area (Å²) in [6, 6.07) is 10.3. The molecule has 2 N–H and O–H groups in total. The van der Waals surface area contributed by atoms with Gasteiger partial charge in [-0.1, -0.05) is 19.9 Å². The van der Waals surface area contributed by atoms with Gasteiger partial charge in [-0.15, -0.1) is 0 Å². The molecule has 7 aromatic rings. The Kier molecular flexibility index (Phi) is 9.92. The van der Waals surface area contributed by atoms with Gasteiger partial charge >= 0.3 is 6.03 Å². The third-order valence-electron chi connectivity index (χ3n) is 13.0. The van der Waals surface area contributed by atoms with Crippen molar-refractivity contribution in [2.24, 2.45) is 5.41 Å². The van der Waals surface area contributed by atoms with Crippen LogP contribution in [0.5, 0.6) is 11.8 Å². The summed E-state index contributed by atoms with van der Waals surface area (Å²) in [7, 11) is 0. The Bertz CT molecular complexity index is 3020. The van der Waals surface area contributed by atoms with Crippen LogP contribution in [0.2, 0.25) is 0 Å². The lowest BCUT2D eigenvalue weighted by Gasteiger charge is -2.30. The molecule has 19 heteroatoms. The lowest BCUT2D eigenvalue weighted by atomic mass is 9.94. The standard InChI is InChI=1S/C46H46F4N12O3/c1-25-32-16-28(48)20-52-43(32)64-24-46(2,3)23-51-18-26-19-53-62-40(26)56-41-31(10-13-59(25)41)44(62)65-30-9-12-58(22-30)45(63)54-35-5-4-6-36-39(35)42-55-38(11-14-61(42)57-36)60-21-29(49)17-37(60)33-15-27(47)7-8-34(33)50/h4-8,11,14-16,19-20,25,29-30,37,51H,9-10,12-13,17-18,21-24H2,1-3H3,(H,54,63)/t25-,29+,30+,37-/m1/s1. The molecule has 5 aromatic heterocycles. The van der Waals surface area contributed by atoms with Crippen molar-refractivity contribution in [2.75, 3.05) is 54.4 Å². The summed E-state index contributed by atoms with van der Waals surface area (Å²) in [5.74, 6) is 0.336. The molecule has 2 amide bonds. The molecule has 2 bridgehead atoms. The monoisotopic (exact) mass is 890 g/mol. The van der Waals surface area contributed by atoms with Gasteiger partial charge < -0.3 is 34.8 Å². The van der Waals surface area contributed by atoms with Gasteiger partial charge in [0.1, 0.15) is 41.4 Å². The van der Waals surface area contributed by atoms with Crippen molar-refractivity contribution in [1.29, 1.82) is 0 Å². The number of rotatable bonds is 5. The van der Waals surface area contributed by atoms with Crippen LogP contribution >= 0.6 is 0 Å². The Hall–Kier alpha value is -6.76. The van der Waals surface area contributed by atoms with Crippen molar-refractivity contribution in [2.45, 2.75) is 70.9 Å². The van der Waals surface area contributed by atoms with Crippen molar-refractivity contribution in [3.63, 3.8) is 0 Å². The van der Waals surface area contributed by atoms with Gasteiger partial charge in [0.15, 0.2) is 11.3 Å². The minimum Gasteiger partial charge on any atom is -0.477 e. The molecule has 336 valence electrons. The number of likely N-dealkylation sites (tertiary alicyclic amines) is 1. The third kappa shape index (κ3) is 7.34. The first kappa shape index (κ1) is 41.0. The molecule has 0 spiro atoms. The summed E-state index contributed by atoms with van der Waals surface area (Å²) < 4.78 is 75.4. The van der Waals surface area contributed by atoms with Gasteiger partial charge in [-0.25, -0.2) is 41.8 Å². The maximum absolute atomic E-state index is 15.0. The fourth-order valence-corrected chi connectivity index (χ4v) is 9.69. The molecule has 15 nitrogen and oxygen atoms in total. The molecular formula is C46H46F4N12O3. The number of urea groups is 1. The number of nitrogens with one attached hydrogen (secondary N) is 2. The highest BCUT2D eigenvalue weighted by molar-refractivity contribution is 6.07. The van der Waals surface area contributed by atoms with Crippen molar-refractivity contribution >= 4 is 45.6 Å². The highest BCUT2D eigenvalue weighted by Crippen LogP contribution is 2.43. The van der Waals surface area contributed by atoms with E-state index < -0.39 is 29.7 Å². The van der Waals surface area contributed by atoms with Crippen molar-refractivity contribution < 1.29 is 31.8 Å². The number of amides is 2. The summed E-state index contributed by atoms with van der Waals surface area (Å²) in [6.45, 7) is 8.94. The highest BCUT2D eigenvalue weighted by atomic mass is 19.1. The number of nitrogens with zero attached hydrogens (tertiary/aromatic N) is 10. The van der Waals surface area contributed by atoms with Crippen LogP contribution in [-0.2, 0) is 13.0 Å². The number of aromatic nitrogens is 7. The van der Waals surface area contributed by atoms with Gasteiger partial charge in [0.2, 0.25) is 11.8 Å². The molecule has 0 radical (unpaired) electrons. The van der Waals surface area contributed by atoms with Gasteiger partial charge in [-0.05, 0) is 55.8 Å². The molecule has 4 aliphatic heterocycles. The topological polar surface area (TPSA) is 143 Å². The number of carbonyl (C=O) groups excluding carboxylic acids is 1. The van der Waals surface area contributed by atoms with E-state index in [4.69, 9.17) is 24.5 Å². The minimum absolute atomic E-state index is 0.0224. The zero-order chi connectivity index (χ0) is 44.7. The number of alkyl halides is 1. The zero-order valence-corrected chi connectivity index (χ0v) is 35.9. The van der Waals surface area contributed by atoms with Crippen LogP contribution in [0.3, 0.4) is 0 Å². The maximum Gasteiger partial charge on any atom is 0.321 e. The molecule has 2 fully saturated rings. The second kappa shape index (κ2) is 15.7. The number of halogens is 4. The fourth-order valence-electron chi connectivity index (χ4n) is 9.69. The van der Waals surface area contributed by atoms with Crippen molar-refractivity contribution in [3.05, 3.63) is 107 Å². The van der Waals surface area contributed by atoms with Gasteiger partial charge in [-0.2, -0.15) is 14.7 Å². The molecule has 0 unspecified atom stereocenters. The minimum atomic E-state index is -1.28. The Morgan fingerprint density at radius 3 is 2.72 bits per heavy atom. The largest absolute Gasteiger partial charge is 0.477 e. The number of anilines is 3. The van der Waals surface area contributed by atoms with Crippen molar-refractivity contribution in [1.82, 2.24) is 44.4 Å². The number of fused-ring (bicyclic) bond motifs is 4. The average Bonchev–Trinajstić information content (AvgIpc) is 4.14. The maximum atomic E-state index is 15.0. The van der Waals surface area contributed by atoms with Gasteiger partial charge in [0.05, 0.1) is 66.3 Å². The van der Waals surface area contributed by atoms with E-state index in [2.05, 4.69) is 39.5 Å². The first-order chi connectivity index (χ1) is 31.4. The van der Waals surface area contributed by atoms with Crippen LogP contribution < -0.4 is 29.9 Å². The van der Waals surface area contributed by atoms with Crippen LogP contribution in [0.25, 0.3) is 22.2 Å². The smallest absolute Gasteiger partial charge is 0.321 e. The normalized spacial score (nSPS) is 21.9. The Labute approximate surface area is 370 Å². The molecular weight excluding hydrogens is 845 g/mol. The van der Waals surface area contributed by atoms with Gasteiger partial charge in [-0.3, -0.25) is 0 Å². The number of hydrogen-bond acceptors (Lipinski definition) is 11. The summed E-state index contributed by atoms with van der Waals surface area (Å²) in [5.41, 5.74) is 4.26. The lowest BCUT2D eigenvalue weighted by molar-refractivity contribution is 0.168. The summed E-state index contributed by atoms with van der Waals surface area (Å²) in [6.07, 6.45) is 4.14. The average molecular weight is 891 g/mol. The summed E-state index contributed by atoms with van der Waals surface area (Å²) in [5, 5.41) is 16.6. The number of hydrogen-bond donors (Lipinski definition) is 2. The predicted octanol–water partition coefficient (Wildman–Crippen LogP) is 7.34. The first-order valence-electron chi connectivity index (χ1n) is 21.9. The molecule has 2 saturated heterocycles. The van der Waals surface area contributed by atoms with Crippen LogP contribution in [0.4, 0.5) is 39.7 Å². The molecule has 2 aromatic carbocycles. The second-order valence-corrected chi connectivity index (χ2v) is 18.2. The van der Waals surface area contributed by atoms with E-state index in [1.54, 1.807) is 49.4 Å². The quantitative estimate of drug-likeness (QED) is 0.168. The molecule has 4 atom stereocenters. The molecule has 11 rings (SSSR count). The molecule has 65 heavy (non-hydrogen) atoms. The van der Waals surface area contributed by atoms with Gasteiger partial charge in [0.25, 0.3) is 0 Å². The van der Waals surface area contributed by atoms with E-state index in [0.717, 1.165) is 29.3 Å². The lowest BCUT2D eigenvalue weighted by Crippen LogP contribution is -2.35. The molecule has 0 saturated carbocycles. The third-order valence-corrected chi connectivity index (χ3v) is 13.0. The van der Waals surface area contributed by atoms with Crippen LogP contribution in [0, 0.1) is 22.9 Å². The Balaban J connectivity index is 0.863. The molecule has 4 aliphatic rings. The van der Waals surface area contributed by atoms with E-state index in [0.29, 0.717) is 102 Å².